The van der Waals surface area contributed by atoms with Crippen molar-refractivity contribution in [2.24, 2.45) is 5.41 Å². The highest BCUT2D eigenvalue weighted by Gasteiger charge is 2.44. The molecular weight excluding hydrogens is 379 g/mol. The molecular formula is C13H14Cl2N4O6. The van der Waals surface area contributed by atoms with Crippen LogP contribution in [0.5, 0.6) is 0 Å². The molecule has 0 bridgehead atoms. The molecule has 1 fully saturated rings. The Morgan fingerprint density at radius 3 is 1.52 bits per heavy atom. The summed E-state index contributed by atoms with van der Waals surface area (Å²) in [7, 11) is 0. The Labute approximate surface area is 151 Å². The van der Waals surface area contributed by atoms with Gasteiger partial charge >= 0.3 is 17.1 Å². The van der Waals surface area contributed by atoms with Gasteiger partial charge in [0.2, 0.25) is 10.0 Å². The third kappa shape index (κ3) is 3.45. The molecule has 10 nitrogen and oxygen atoms in total. The number of halogens is 2. The third-order valence-corrected chi connectivity index (χ3v) is 4.98. The van der Waals surface area contributed by atoms with Crippen molar-refractivity contribution < 1.29 is 14.8 Å². The van der Waals surface area contributed by atoms with Crippen LogP contribution in [-0.4, -0.2) is 27.9 Å². The van der Waals surface area contributed by atoms with Crippen LogP contribution in [0.25, 0.3) is 0 Å². The molecule has 0 N–H and O–H groups in total. The molecule has 0 spiro atoms. The molecule has 25 heavy (non-hydrogen) atoms. The van der Waals surface area contributed by atoms with Gasteiger partial charge in [-0.15, -0.1) is 0 Å². The van der Waals surface area contributed by atoms with Crippen LogP contribution in [0.3, 0.4) is 0 Å². The largest absolute Gasteiger partial charge is 0.360 e. The third-order valence-electron chi connectivity index (χ3n) is 4.26. The minimum absolute atomic E-state index is 0.0194. The first kappa shape index (κ1) is 19.1. The van der Waals surface area contributed by atoms with Gasteiger partial charge in [-0.05, 0) is 18.3 Å². The van der Waals surface area contributed by atoms with Crippen LogP contribution < -0.4 is 4.90 Å². The van der Waals surface area contributed by atoms with Crippen LogP contribution in [0.15, 0.2) is 0 Å². The molecule has 0 atom stereocenters. The van der Waals surface area contributed by atoms with Crippen LogP contribution in [0, 0.1) is 35.8 Å². The molecule has 1 aliphatic heterocycles. The average Bonchev–Trinajstić information content (AvgIpc) is 2.45. The highest BCUT2D eigenvalue weighted by molar-refractivity contribution is 6.42. The fourth-order valence-corrected chi connectivity index (χ4v) is 3.46. The summed E-state index contributed by atoms with van der Waals surface area (Å²) in [5.74, 6) is 0. The lowest BCUT2D eigenvalue weighted by Gasteiger charge is -2.37. The molecule has 0 amide bonds. The van der Waals surface area contributed by atoms with Gasteiger partial charge in [-0.2, -0.15) is 0 Å². The predicted octanol–water partition coefficient (Wildman–Crippen LogP) is 4.34. The quantitative estimate of drug-likeness (QED) is 0.549. The van der Waals surface area contributed by atoms with E-state index in [1.54, 1.807) is 0 Å². The van der Waals surface area contributed by atoms with Crippen molar-refractivity contribution in [2.45, 2.75) is 26.7 Å². The highest BCUT2D eigenvalue weighted by atomic mass is 35.5. The summed E-state index contributed by atoms with van der Waals surface area (Å²) < 4.78 is 0. The lowest BCUT2D eigenvalue weighted by molar-refractivity contribution is -0.401. The first-order chi connectivity index (χ1) is 11.5. The van der Waals surface area contributed by atoms with E-state index in [2.05, 4.69) is 0 Å². The number of nitrogens with zero attached hydrogens (tertiary/aromatic N) is 4. The maximum Gasteiger partial charge on any atom is 0.325 e. The number of rotatable bonds is 4. The summed E-state index contributed by atoms with van der Waals surface area (Å²) in [6.07, 6.45) is 1.26. The molecule has 0 aliphatic carbocycles. The van der Waals surface area contributed by atoms with E-state index in [0.29, 0.717) is 25.9 Å². The van der Waals surface area contributed by atoms with Gasteiger partial charge < -0.3 is 4.90 Å². The van der Waals surface area contributed by atoms with Crippen molar-refractivity contribution in [3.63, 3.8) is 0 Å². The summed E-state index contributed by atoms with van der Waals surface area (Å²) in [6.45, 7) is 4.64. The lowest BCUT2D eigenvalue weighted by atomic mass is 9.82. The van der Waals surface area contributed by atoms with Gasteiger partial charge in [-0.3, -0.25) is 30.3 Å². The predicted molar refractivity (Wildman–Crippen MR) is 91.7 cm³/mol. The Balaban J connectivity index is 2.79. The Kier molecular flexibility index (Phi) is 5.05. The maximum absolute atomic E-state index is 11.5. The molecule has 1 heterocycles. The second kappa shape index (κ2) is 6.60. The Hall–Kier alpha value is -2.20. The first-order valence-electron chi connectivity index (χ1n) is 7.21. The number of anilines is 1. The zero-order valence-corrected chi connectivity index (χ0v) is 14.8. The van der Waals surface area contributed by atoms with Crippen molar-refractivity contribution in [2.75, 3.05) is 18.0 Å². The number of hydrogen-bond acceptors (Lipinski definition) is 7. The van der Waals surface area contributed by atoms with Crippen molar-refractivity contribution in [1.82, 2.24) is 0 Å². The molecule has 1 aromatic carbocycles. The standard InChI is InChI=1S/C13H14Cl2N4O6/c1-13(2)3-5-16(6-4-13)12-10(18(22)23)7(14)9(17(20)21)8(15)11(12)19(24)25/h3-6H2,1-2H3. The van der Waals surface area contributed by atoms with Gasteiger partial charge in [-0.1, -0.05) is 37.0 Å². The van der Waals surface area contributed by atoms with Gasteiger partial charge in [0.1, 0.15) is 0 Å². The van der Waals surface area contributed by atoms with Gasteiger partial charge in [0.05, 0.1) is 14.8 Å². The second-order valence-electron chi connectivity index (χ2n) is 6.44. The number of nitro benzene ring substituents is 3. The minimum atomic E-state index is -1.06. The minimum Gasteiger partial charge on any atom is -0.360 e. The highest BCUT2D eigenvalue weighted by Crippen LogP contribution is 2.53. The van der Waals surface area contributed by atoms with Gasteiger partial charge in [-0.25, -0.2) is 0 Å². The lowest BCUT2D eigenvalue weighted by Crippen LogP contribution is -2.38. The topological polar surface area (TPSA) is 133 Å². The van der Waals surface area contributed by atoms with Gasteiger partial charge in [0.25, 0.3) is 0 Å². The monoisotopic (exact) mass is 392 g/mol. The van der Waals surface area contributed by atoms with Crippen LogP contribution in [0.1, 0.15) is 26.7 Å². The average molecular weight is 393 g/mol. The second-order valence-corrected chi connectivity index (χ2v) is 7.20. The SMILES string of the molecule is CC1(C)CCN(c2c([N+](=O)[O-])c(Cl)c([N+](=O)[O-])c(Cl)c2[N+](=O)[O-])CC1. The van der Waals surface area contributed by atoms with Gasteiger partial charge in [0.15, 0.2) is 5.69 Å². The van der Waals surface area contributed by atoms with Gasteiger partial charge in [0, 0.05) is 13.1 Å². The van der Waals surface area contributed by atoms with E-state index < -0.39 is 41.9 Å². The summed E-state index contributed by atoms with van der Waals surface area (Å²) in [5.41, 5.74) is -3.18. The Morgan fingerprint density at radius 2 is 1.20 bits per heavy atom. The van der Waals surface area contributed by atoms with E-state index in [9.17, 15) is 30.3 Å². The zero-order valence-electron chi connectivity index (χ0n) is 13.3. The van der Waals surface area contributed by atoms with E-state index in [0.717, 1.165) is 0 Å². The molecule has 0 unspecified atom stereocenters. The summed E-state index contributed by atoms with van der Waals surface area (Å²) in [5, 5.41) is 32.5. The normalized spacial score (nSPS) is 16.6. The van der Waals surface area contributed by atoms with Crippen molar-refractivity contribution >= 4 is 46.0 Å². The number of benzene rings is 1. The van der Waals surface area contributed by atoms with Crippen LogP contribution in [0.2, 0.25) is 10.0 Å². The van der Waals surface area contributed by atoms with Crippen LogP contribution in [-0.2, 0) is 0 Å². The smallest absolute Gasteiger partial charge is 0.325 e. The van der Waals surface area contributed by atoms with Crippen LogP contribution in [0.4, 0.5) is 22.7 Å². The van der Waals surface area contributed by atoms with E-state index in [1.165, 1.54) is 4.90 Å². The van der Waals surface area contributed by atoms with E-state index in [4.69, 9.17) is 23.2 Å². The Morgan fingerprint density at radius 1 is 0.840 bits per heavy atom. The molecule has 0 radical (unpaired) electrons. The van der Waals surface area contributed by atoms with E-state index >= 15 is 0 Å². The number of nitro groups is 3. The zero-order chi connectivity index (χ0) is 19.1. The molecule has 12 heteroatoms. The summed E-state index contributed by atoms with van der Waals surface area (Å²) in [6, 6.07) is 0. The molecule has 1 saturated heterocycles. The molecule has 0 aromatic heterocycles. The van der Waals surface area contributed by atoms with E-state index in [1.807, 2.05) is 13.8 Å². The fourth-order valence-electron chi connectivity index (χ4n) is 2.77. The van der Waals surface area contributed by atoms with E-state index in [-0.39, 0.29) is 11.1 Å². The van der Waals surface area contributed by atoms with Crippen molar-refractivity contribution in [1.29, 1.82) is 0 Å². The van der Waals surface area contributed by atoms with Crippen molar-refractivity contribution in [3.8, 4) is 0 Å². The summed E-state index contributed by atoms with van der Waals surface area (Å²) >= 11 is 11.7. The molecule has 2 rings (SSSR count). The molecule has 0 saturated carbocycles. The number of hydrogen-bond donors (Lipinski definition) is 0. The number of piperidine rings is 1. The molecule has 136 valence electrons. The van der Waals surface area contributed by atoms with Crippen molar-refractivity contribution in [3.05, 3.63) is 40.4 Å². The molecule has 1 aromatic rings. The molecule has 1 aliphatic rings. The fraction of sp³-hybridized carbons (Fsp3) is 0.538. The maximum atomic E-state index is 11.5. The summed E-state index contributed by atoms with van der Waals surface area (Å²) in [4.78, 5) is 32.6. The first-order valence-corrected chi connectivity index (χ1v) is 7.96. The Bertz CT molecular complexity index is 731. The van der Waals surface area contributed by atoms with Crippen LogP contribution >= 0.6 is 23.2 Å².